The van der Waals surface area contributed by atoms with Crippen molar-refractivity contribution < 1.29 is 4.79 Å². The van der Waals surface area contributed by atoms with Crippen LogP contribution in [0.25, 0.3) is 0 Å². The van der Waals surface area contributed by atoms with Gasteiger partial charge in [-0.15, -0.1) is 0 Å². The van der Waals surface area contributed by atoms with Gasteiger partial charge < -0.3 is 5.32 Å². The molecule has 0 aliphatic carbocycles. The molecule has 2 aliphatic heterocycles. The van der Waals surface area contributed by atoms with Gasteiger partial charge in [0, 0.05) is 35.6 Å². The predicted octanol–water partition coefficient (Wildman–Crippen LogP) is 3.64. The average Bonchev–Trinajstić information content (AvgIpc) is 3.36. The maximum absolute atomic E-state index is 12.8. The van der Waals surface area contributed by atoms with E-state index in [-0.39, 0.29) is 11.9 Å². The topological polar surface area (TPSA) is 79.6 Å². The van der Waals surface area contributed by atoms with Crippen LogP contribution in [0.15, 0.2) is 64.8 Å². The number of carbonyl (C=O) groups is 1. The molecule has 30 heavy (non-hydrogen) atoms. The van der Waals surface area contributed by atoms with Gasteiger partial charge in [0.05, 0.1) is 29.7 Å². The maximum Gasteiger partial charge on any atom is 0.266 e. The molecule has 1 aromatic carbocycles. The van der Waals surface area contributed by atoms with Crippen LogP contribution < -0.4 is 5.32 Å². The molecule has 4 heterocycles. The smallest absolute Gasteiger partial charge is 0.266 e. The quantitative estimate of drug-likeness (QED) is 0.732. The summed E-state index contributed by atoms with van der Waals surface area (Å²) < 4.78 is 0. The van der Waals surface area contributed by atoms with Crippen molar-refractivity contribution in [1.82, 2.24) is 15.3 Å². The van der Waals surface area contributed by atoms with Crippen molar-refractivity contribution in [2.75, 3.05) is 0 Å². The number of carbonyl (C=O) groups excluding carboxylic acids is 1. The maximum atomic E-state index is 12.8. The third-order valence-corrected chi connectivity index (χ3v) is 5.50. The monoisotopic (exact) mass is 395 g/mol. The molecule has 0 bridgehead atoms. The first-order valence-corrected chi connectivity index (χ1v) is 10.0. The molecule has 5 rings (SSSR count). The lowest BCUT2D eigenvalue weighted by Crippen LogP contribution is -2.33. The van der Waals surface area contributed by atoms with Gasteiger partial charge in [-0.2, -0.15) is 0 Å². The first kappa shape index (κ1) is 18.4. The van der Waals surface area contributed by atoms with Crippen molar-refractivity contribution in [3.63, 3.8) is 0 Å². The fourth-order valence-electron chi connectivity index (χ4n) is 3.94. The molecule has 0 fully saturated rings. The fraction of sp³-hybridized carbons (Fsp3) is 0.208. The Kier molecular flexibility index (Phi) is 4.47. The molecule has 2 aromatic heterocycles. The first-order chi connectivity index (χ1) is 14.6. The number of hydrogen-bond donors (Lipinski definition) is 1. The van der Waals surface area contributed by atoms with Crippen molar-refractivity contribution in [3.8, 4) is 0 Å². The Labute approximate surface area is 174 Å². The van der Waals surface area contributed by atoms with E-state index in [0.29, 0.717) is 18.7 Å². The van der Waals surface area contributed by atoms with Crippen LogP contribution in [0.3, 0.4) is 0 Å². The van der Waals surface area contributed by atoms with E-state index in [1.165, 1.54) is 5.56 Å². The lowest BCUT2D eigenvalue weighted by Gasteiger charge is -2.13. The molecule has 6 heteroatoms. The van der Waals surface area contributed by atoms with Crippen LogP contribution in [0.5, 0.6) is 0 Å². The van der Waals surface area contributed by atoms with Gasteiger partial charge in [0.25, 0.3) is 5.91 Å². The SMILES string of the molecule is Cc1cccc([C@H](C)NC(=O)C2=Nc3cc4c(cc3C2)CN=C4c2ccncc2)n1. The summed E-state index contributed by atoms with van der Waals surface area (Å²) in [6.07, 6.45) is 4.08. The number of hydrogen-bond acceptors (Lipinski definition) is 5. The Bertz CT molecular complexity index is 1210. The summed E-state index contributed by atoms with van der Waals surface area (Å²) in [6, 6.07) is 13.8. The van der Waals surface area contributed by atoms with Crippen molar-refractivity contribution in [3.05, 3.63) is 88.5 Å². The molecule has 0 saturated heterocycles. The zero-order chi connectivity index (χ0) is 20.7. The molecule has 1 atom stereocenters. The van der Waals surface area contributed by atoms with Gasteiger partial charge in [0.15, 0.2) is 0 Å². The molecule has 0 spiro atoms. The molecule has 148 valence electrons. The lowest BCUT2D eigenvalue weighted by molar-refractivity contribution is -0.115. The Morgan fingerprint density at radius 2 is 1.93 bits per heavy atom. The van der Waals surface area contributed by atoms with Gasteiger partial charge in [0.2, 0.25) is 0 Å². The van der Waals surface area contributed by atoms with Gasteiger partial charge in [-0.3, -0.25) is 19.8 Å². The van der Waals surface area contributed by atoms with Crippen LogP contribution in [0.4, 0.5) is 5.69 Å². The second kappa shape index (κ2) is 7.30. The van der Waals surface area contributed by atoms with Gasteiger partial charge in [0.1, 0.15) is 5.71 Å². The molecule has 3 aromatic rings. The van der Waals surface area contributed by atoms with Crippen LogP contribution in [0.2, 0.25) is 0 Å². The minimum Gasteiger partial charge on any atom is -0.343 e. The molecule has 1 amide bonds. The number of fused-ring (bicyclic) bond motifs is 2. The summed E-state index contributed by atoms with van der Waals surface area (Å²) in [6.45, 7) is 4.53. The van der Waals surface area contributed by atoms with E-state index >= 15 is 0 Å². The Morgan fingerprint density at radius 1 is 1.10 bits per heavy atom. The van der Waals surface area contributed by atoms with Gasteiger partial charge in [-0.05, 0) is 55.3 Å². The van der Waals surface area contributed by atoms with E-state index in [0.717, 1.165) is 39.5 Å². The molecule has 1 N–H and O–H groups in total. The van der Waals surface area contributed by atoms with E-state index in [1.807, 2.05) is 44.2 Å². The molecule has 0 saturated carbocycles. The van der Waals surface area contributed by atoms with Crippen molar-refractivity contribution in [2.24, 2.45) is 9.98 Å². The molecule has 6 nitrogen and oxygen atoms in total. The van der Waals surface area contributed by atoms with Crippen LogP contribution in [0, 0.1) is 6.92 Å². The third-order valence-electron chi connectivity index (χ3n) is 5.50. The normalized spacial score (nSPS) is 15.1. The summed E-state index contributed by atoms with van der Waals surface area (Å²) in [4.78, 5) is 30.7. The van der Waals surface area contributed by atoms with Crippen molar-refractivity contribution in [2.45, 2.75) is 32.9 Å². The number of nitrogens with one attached hydrogen (secondary N) is 1. The van der Waals surface area contributed by atoms with E-state index in [1.54, 1.807) is 12.4 Å². The Morgan fingerprint density at radius 3 is 2.73 bits per heavy atom. The molecule has 0 unspecified atom stereocenters. The van der Waals surface area contributed by atoms with Gasteiger partial charge >= 0.3 is 0 Å². The zero-order valence-electron chi connectivity index (χ0n) is 16.9. The number of nitrogens with zero attached hydrogens (tertiary/aromatic N) is 4. The number of aryl methyl sites for hydroxylation is 1. The Balaban J connectivity index is 1.37. The van der Waals surface area contributed by atoms with E-state index in [4.69, 9.17) is 4.99 Å². The highest BCUT2D eigenvalue weighted by Crippen LogP contribution is 2.34. The first-order valence-electron chi connectivity index (χ1n) is 10.0. The highest BCUT2D eigenvalue weighted by Gasteiger charge is 2.26. The van der Waals surface area contributed by atoms with Crippen LogP contribution in [-0.2, 0) is 17.8 Å². The highest BCUT2D eigenvalue weighted by atomic mass is 16.2. The number of aliphatic imine (C=N–C) groups is 2. The standard InChI is InChI=1S/C24H21N5O/c1-14-4-3-5-20(27-14)15(2)28-24(30)22-11-17-10-18-13-26-23(16-6-8-25-9-7-16)19(18)12-21(17)29-22/h3-10,12,15H,11,13H2,1-2H3,(H,28,30)/t15-/m0/s1. The van der Waals surface area contributed by atoms with Crippen molar-refractivity contribution in [1.29, 1.82) is 0 Å². The Hall–Kier alpha value is -3.67. The lowest BCUT2D eigenvalue weighted by atomic mass is 9.97. The van der Waals surface area contributed by atoms with Gasteiger partial charge in [-0.1, -0.05) is 12.1 Å². The van der Waals surface area contributed by atoms with Crippen LogP contribution >= 0.6 is 0 Å². The second-order valence-electron chi connectivity index (χ2n) is 7.67. The van der Waals surface area contributed by atoms with E-state index in [2.05, 4.69) is 32.4 Å². The van der Waals surface area contributed by atoms with Crippen molar-refractivity contribution >= 4 is 23.0 Å². The van der Waals surface area contributed by atoms with E-state index in [9.17, 15) is 4.79 Å². The summed E-state index contributed by atoms with van der Waals surface area (Å²) >= 11 is 0. The van der Waals surface area contributed by atoms with Crippen LogP contribution in [-0.4, -0.2) is 27.3 Å². The summed E-state index contributed by atoms with van der Waals surface area (Å²) in [5.41, 5.74) is 8.51. The summed E-state index contributed by atoms with van der Waals surface area (Å²) in [7, 11) is 0. The third kappa shape index (κ3) is 3.30. The summed E-state index contributed by atoms with van der Waals surface area (Å²) in [5, 5.41) is 3.03. The van der Waals surface area contributed by atoms with E-state index < -0.39 is 0 Å². The molecule has 0 radical (unpaired) electrons. The minimum absolute atomic E-state index is 0.148. The number of rotatable bonds is 4. The molecular weight excluding hydrogens is 374 g/mol. The number of pyridine rings is 2. The minimum atomic E-state index is -0.181. The number of benzene rings is 1. The largest absolute Gasteiger partial charge is 0.343 e. The predicted molar refractivity (Wildman–Crippen MR) is 116 cm³/mol. The number of amides is 1. The second-order valence-corrected chi connectivity index (χ2v) is 7.67. The zero-order valence-corrected chi connectivity index (χ0v) is 16.9. The summed E-state index contributed by atoms with van der Waals surface area (Å²) in [5.74, 6) is -0.148. The highest BCUT2D eigenvalue weighted by molar-refractivity contribution is 6.41. The van der Waals surface area contributed by atoms with Crippen LogP contribution in [0.1, 0.15) is 46.6 Å². The number of aromatic nitrogens is 2. The molecular formula is C24H21N5O. The van der Waals surface area contributed by atoms with Gasteiger partial charge in [-0.25, -0.2) is 4.99 Å². The fourth-order valence-corrected chi connectivity index (χ4v) is 3.94. The average molecular weight is 395 g/mol. The molecule has 2 aliphatic rings.